The molecule has 0 unspecified atom stereocenters. The van der Waals surface area contributed by atoms with Gasteiger partial charge >= 0.3 is 0 Å². The smallest absolute Gasteiger partial charge is 0.295 e. The largest absolute Gasteiger partial charge is 0.497 e. The summed E-state index contributed by atoms with van der Waals surface area (Å²) >= 11 is 0. The number of rotatable bonds is 8. The van der Waals surface area contributed by atoms with E-state index in [1.165, 1.54) is 18.3 Å². The van der Waals surface area contributed by atoms with Gasteiger partial charge in [0.05, 0.1) is 23.1 Å². The summed E-state index contributed by atoms with van der Waals surface area (Å²) in [6.45, 7) is 0. The highest BCUT2D eigenvalue weighted by molar-refractivity contribution is 7.92. The number of benzene rings is 3. The summed E-state index contributed by atoms with van der Waals surface area (Å²) in [7, 11) is -2.43. The molecule has 0 aliphatic carbocycles. The standard InChI is InChI=1S/C20H18N4O5S/c1-29-17-9-7-15(8-10-17)14-21-22-19-12-11-18(13-20(19)24(25)26)30(27,28)23-16-5-3-2-4-6-16/h2-14,22-23H,1H3/b21-14+. The van der Waals surface area contributed by atoms with Crippen molar-refractivity contribution in [1.29, 1.82) is 0 Å². The molecule has 0 radical (unpaired) electrons. The first kappa shape index (κ1) is 20.8. The molecule has 154 valence electrons. The molecule has 3 aromatic carbocycles. The van der Waals surface area contributed by atoms with Crippen molar-refractivity contribution in [3.05, 3.63) is 88.5 Å². The molecule has 0 aromatic heterocycles. The van der Waals surface area contributed by atoms with Crippen LogP contribution in [0.5, 0.6) is 5.75 Å². The zero-order valence-electron chi connectivity index (χ0n) is 15.8. The Morgan fingerprint density at radius 2 is 1.73 bits per heavy atom. The van der Waals surface area contributed by atoms with Crippen LogP contribution < -0.4 is 14.9 Å². The number of methoxy groups -OCH3 is 1. The molecule has 0 heterocycles. The van der Waals surface area contributed by atoms with Crippen molar-refractivity contribution in [1.82, 2.24) is 0 Å². The third kappa shape index (κ3) is 5.11. The number of ether oxygens (including phenoxy) is 1. The maximum Gasteiger partial charge on any atom is 0.295 e. The number of nitrogens with one attached hydrogen (secondary N) is 2. The fraction of sp³-hybridized carbons (Fsp3) is 0.0500. The summed E-state index contributed by atoms with van der Waals surface area (Å²) < 4.78 is 32.5. The van der Waals surface area contributed by atoms with Gasteiger partial charge in [-0.15, -0.1) is 0 Å². The summed E-state index contributed by atoms with van der Waals surface area (Å²) in [5.74, 6) is 0.691. The van der Waals surface area contributed by atoms with E-state index in [1.807, 2.05) is 0 Å². The van der Waals surface area contributed by atoms with Crippen LogP contribution in [0, 0.1) is 10.1 Å². The molecule has 0 amide bonds. The van der Waals surface area contributed by atoms with Crippen molar-refractivity contribution in [3.8, 4) is 5.75 Å². The SMILES string of the molecule is COc1ccc(/C=N/Nc2ccc(S(=O)(=O)Nc3ccccc3)cc2[N+](=O)[O-])cc1. The summed E-state index contributed by atoms with van der Waals surface area (Å²) in [5, 5.41) is 15.4. The Morgan fingerprint density at radius 1 is 1.03 bits per heavy atom. The lowest BCUT2D eigenvalue weighted by atomic mass is 10.2. The lowest BCUT2D eigenvalue weighted by molar-refractivity contribution is -0.384. The predicted molar refractivity (Wildman–Crippen MR) is 115 cm³/mol. The summed E-state index contributed by atoms with van der Waals surface area (Å²) in [6.07, 6.45) is 1.48. The van der Waals surface area contributed by atoms with Crippen molar-refractivity contribution in [2.45, 2.75) is 4.90 Å². The van der Waals surface area contributed by atoms with E-state index in [-0.39, 0.29) is 10.6 Å². The lowest BCUT2D eigenvalue weighted by Gasteiger charge is -2.09. The van der Waals surface area contributed by atoms with Crippen molar-refractivity contribution < 1.29 is 18.1 Å². The van der Waals surface area contributed by atoms with E-state index in [4.69, 9.17) is 4.74 Å². The van der Waals surface area contributed by atoms with E-state index in [1.54, 1.807) is 61.7 Å². The van der Waals surface area contributed by atoms with Gasteiger partial charge in [-0.1, -0.05) is 18.2 Å². The van der Waals surface area contributed by atoms with Gasteiger partial charge in [-0.3, -0.25) is 20.3 Å². The molecular formula is C20H18N4O5S. The second kappa shape index (κ2) is 9.05. The number of para-hydroxylation sites is 1. The Bertz CT molecular complexity index is 1160. The van der Waals surface area contributed by atoms with Crippen LogP contribution >= 0.6 is 0 Å². The first-order valence-corrected chi connectivity index (χ1v) is 10.2. The highest BCUT2D eigenvalue weighted by Gasteiger charge is 2.21. The maximum absolute atomic E-state index is 12.5. The third-order valence-electron chi connectivity index (χ3n) is 4.02. The molecule has 0 atom stereocenters. The van der Waals surface area contributed by atoms with Crippen molar-refractivity contribution in [3.63, 3.8) is 0 Å². The highest BCUT2D eigenvalue weighted by Crippen LogP contribution is 2.28. The van der Waals surface area contributed by atoms with Gasteiger partial charge in [-0.25, -0.2) is 8.42 Å². The molecule has 9 nitrogen and oxygen atoms in total. The van der Waals surface area contributed by atoms with Crippen molar-refractivity contribution >= 4 is 33.3 Å². The number of hydrazone groups is 1. The Labute approximate surface area is 173 Å². The maximum atomic E-state index is 12.5. The number of anilines is 2. The van der Waals surface area contributed by atoms with Gasteiger partial charge in [-0.2, -0.15) is 5.10 Å². The average Bonchev–Trinajstić information content (AvgIpc) is 2.74. The number of nitro groups is 1. The Morgan fingerprint density at radius 3 is 2.37 bits per heavy atom. The van der Waals surface area contributed by atoms with Crippen LogP contribution in [0.25, 0.3) is 0 Å². The minimum absolute atomic E-state index is 0.0587. The summed E-state index contributed by atoms with van der Waals surface area (Å²) in [5.41, 5.74) is 3.32. The van der Waals surface area contributed by atoms with E-state index in [2.05, 4.69) is 15.2 Å². The molecule has 30 heavy (non-hydrogen) atoms. The second-order valence-corrected chi connectivity index (χ2v) is 7.73. The van der Waals surface area contributed by atoms with Gasteiger partial charge < -0.3 is 4.74 Å². The van der Waals surface area contributed by atoms with Gasteiger partial charge in [0, 0.05) is 11.8 Å². The van der Waals surface area contributed by atoms with Gasteiger partial charge in [-0.05, 0) is 54.1 Å². The van der Waals surface area contributed by atoms with Crippen LogP contribution in [0.15, 0.2) is 82.8 Å². The highest BCUT2D eigenvalue weighted by atomic mass is 32.2. The third-order valence-corrected chi connectivity index (χ3v) is 5.40. The number of hydrogen-bond donors (Lipinski definition) is 2. The Balaban J connectivity index is 1.81. The number of sulfonamides is 1. The Hall–Kier alpha value is -3.92. The quantitative estimate of drug-likeness (QED) is 0.320. The molecule has 2 N–H and O–H groups in total. The molecule has 0 saturated heterocycles. The second-order valence-electron chi connectivity index (χ2n) is 6.05. The molecule has 3 rings (SSSR count). The lowest BCUT2D eigenvalue weighted by Crippen LogP contribution is -2.13. The van der Waals surface area contributed by atoms with E-state index >= 15 is 0 Å². The molecule has 0 aliphatic rings. The summed E-state index contributed by atoms with van der Waals surface area (Å²) in [4.78, 5) is 10.5. The predicted octanol–water partition coefficient (Wildman–Crippen LogP) is 3.85. The molecule has 0 spiro atoms. The van der Waals surface area contributed by atoms with E-state index < -0.39 is 20.6 Å². The van der Waals surface area contributed by atoms with Crippen LogP contribution in [-0.4, -0.2) is 26.7 Å². The molecule has 0 bridgehead atoms. The fourth-order valence-electron chi connectivity index (χ4n) is 2.51. The van der Waals surface area contributed by atoms with Gasteiger partial charge in [0.25, 0.3) is 15.7 Å². The van der Waals surface area contributed by atoms with Crippen LogP contribution in [-0.2, 0) is 10.0 Å². The Kier molecular flexibility index (Phi) is 6.28. The van der Waals surface area contributed by atoms with Gasteiger partial charge in [0.1, 0.15) is 11.4 Å². The topological polar surface area (TPSA) is 123 Å². The number of hydrogen-bond acceptors (Lipinski definition) is 7. The van der Waals surface area contributed by atoms with Crippen molar-refractivity contribution in [2.24, 2.45) is 5.10 Å². The summed E-state index contributed by atoms with van der Waals surface area (Å²) in [6, 6.07) is 18.8. The fourth-order valence-corrected chi connectivity index (χ4v) is 3.59. The molecule has 0 saturated carbocycles. The first-order chi connectivity index (χ1) is 14.4. The molecular weight excluding hydrogens is 408 g/mol. The number of nitro benzene ring substituents is 1. The monoisotopic (exact) mass is 426 g/mol. The average molecular weight is 426 g/mol. The van der Waals surface area contributed by atoms with Gasteiger partial charge in [0.15, 0.2) is 0 Å². The minimum atomic E-state index is -3.99. The van der Waals surface area contributed by atoms with E-state index in [9.17, 15) is 18.5 Å². The van der Waals surface area contributed by atoms with Crippen molar-refractivity contribution in [2.75, 3.05) is 17.3 Å². The first-order valence-electron chi connectivity index (χ1n) is 8.68. The van der Waals surface area contributed by atoms with Crippen LogP contribution in [0.1, 0.15) is 5.56 Å². The van der Waals surface area contributed by atoms with E-state index in [0.29, 0.717) is 11.4 Å². The van der Waals surface area contributed by atoms with Gasteiger partial charge in [0.2, 0.25) is 0 Å². The molecule has 3 aromatic rings. The zero-order chi connectivity index (χ0) is 21.6. The normalized spacial score (nSPS) is 11.2. The molecule has 0 fully saturated rings. The van der Waals surface area contributed by atoms with Crippen LogP contribution in [0.3, 0.4) is 0 Å². The zero-order valence-corrected chi connectivity index (χ0v) is 16.7. The van der Waals surface area contributed by atoms with E-state index in [0.717, 1.165) is 11.6 Å². The molecule has 10 heteroatoms. The van der Waals surface area contributed by atoms with Crippen LogP contribution in [0.4, 0.5) is 17.1 Å². The molecule has 0 aliphatic heterocycles. The van der Waals surface area contributed by atoms with Crippen LogP contribution in [0.2, 0.25) is 0 Å². The number of nitrogens with zero attached hydrogens (tertiary/aromatic N) is 2. The minimum Gasteiger partial charge on any atom is -0.497 e.